The van der Waals surface area contributed by atoms with Gasteiger partial charge < -0.3 is 20.5 Å². The molecule has 0 aliphatic carbocycles. The summed E-state index contributed by atoms with van der Waals surface area (Å²) in [5.74, 6) is -1.35. The molecule has 9 heteroatoms. The lowest BCUT2D eigenvalue weighted by Gasteiger charge is -2.17. The second-order valence-electron chi connectivity index (χ2n) is 7.49. The molecule has 0 spiro atoms. The average Bonchev–Trinajstić information content (AvgIpc) is 3.12. The van der Waals surface area contributed by atoms with Crippen molar-refractivity contribution >= 4 is 23.1 Å². The number of fused-ring (bicyclic) bond motifs is 1. The van der Waals surface area contributed by atoms with E-state index in [0.29, 0.717) is 17.1 Å². The Balaban J connectivity index is 2.02. The van der Waals surface area contributed by atoms with Gasteiger partial charge in [-0.15, -0.1) is 0 Å². The van der Waals surface area contributed by atoms with E-state index in [1.54, 1.807) is 18.2 Å². The van der Waals surface area contributed by atoms with Crippen LogP contribution in [-0.4, -0.2) is 29.0 Å². The number of para-hydroxylation sites is 1. The van der Waals surface area contributed by atoms with E-state index < -0.39 is 17.5 Å². The molecule has 0 aliphatic rings. The molecule has 170 valence electrons. The van der Waals surface area contributed by atoms with Gasteiger partial charge in [-0.2, -0.15) is 0 Å². The van der Waals surface area contributed by atoms with Crippen molar-refractivity contribution in [3.63, 3.8) is 0 Å². The highest BCUT2D eigenvalue weighted by atomic mass is 19.1. The zero-order valence-corrected chi connectivity index (χ0v) is 18.3. The molecule has 0 atom stereocenters. The molecule has 1 amide bonds. The third kappa shape index (κ3) is 4.17. The highest BCUT2D eigenvalue weighted by Crippen LogP contribution is 2.43. The summed E-state index contributed by atoms with van der Waals surface area (Å²) in [5.41, 5.74) is 8.38. The van der Waals surface area contributed by atoms with Crippen LogP contribution in [-0.2, 0) is 4.79 Å². The highest BCUT2D eigenvalue weighted by Gasteiger charge is 2.25. The van der Waals surface area contributed by atoms with Gasteiger partial charge >= 0.3 is 0 Å². The fraction of sp³-hybridized carbons (Fsp3) is 0.167. The van der Waals surface area contributed by atoms with Crippen molar-refractivity contribution in [3.05, 3.63) is 71.4 Å². The van der Waals surface area contributed by atoms with Gasteiger partial charge in [-0.05, 0) is 37.1 Å². The van der Waals surface area contributed by atoms with Crippen LogP contribution in [0.3, 0.4) is 0 Å². The van der Waals surface area contributed by atoms with Gasteiger partial charge in [0.1, 0.15) is 28.8 Å². The molecule has 4 rings (SSSR count). The van der Waals surface area contributed by atoms with E-state index in [9.17, 15) is 13.6 Å². The predicted molar refractivity (Wildman–Crippen MR) is 121 cm³/mol. The van der Waals surface area contributed by atoms with Crippen molar-refractivity contribution < 1.29 is 23.0 Å². The van der Waals surface area contributed by atoms with Gasteiger partial charge in [-0.1, -0.05) is 24.3 Å². The number of hydrogen-bond donors (Lipinski definition) is 2. The molecule has 0 fully saturated rings. The van der Waals surface area contributed by atoms with Crippen molar-refractivity contribution in [2.24, 2.45) is 5.73 Å². The van der Waals surface area contributed by atoms with Crippen LogP contribution in [0.4, 0.5) is 20.3 Å². The van der Waals surface area contributed by atoms with Gasteiger partial charge in [-0.3, -0.25) is 9.20 Å². The maximum Gasteiger partial charge on any atom is 0.255 e. The number of carbonyl (C=O) groups is 1. The number of aromatic nitrogens is 2. The summed E-state index contributed by atoms with van der Waals surface area (Å²) < 4.78 is 41.3. The zero-order valence-electron chi connectivity index (χ0n) is 18.3. The minimum Gasteiger partial charge on any atom is -0.496 e. The summed E-state index contributed by atoms with van der Waals surface area (Å²) in [5, 5.41) is 3.29. The van der Waals surface area contributed by atoms with E-state index in [1.807, 2.05) is 32.0 Å². The fourth-order valence-corrected chi connectivity index (χ4v) is 3.68. The maximum atomic E-state index is 14.7. The average molecular weight is 452 g/mol. The smallest absolute Gasteiger partial charge is 0.255 e. The van der Waals surface area contributed by atoms with Crippen LogP contribution in [0.1, 0.15) is 11.1 Å². The number of benzene rings is 2. The Bertz CT molecular complexity index is 1350. The van der Waals surface area contributed by atoms with Gasteiger partial charge in [0, 0.05) is 18.0 Å². The minimum absolute atomic E-state index is 0.0908. The van der Waals surface area contributed by atoms with E-state index in [0.717, 1.165) is 29.1 Å². The predicted octanol–water partition coefficient (Wildman–Crippen LogP) is 4.51. The molecule has 0 saturated carbocycles. The second-order valence-corrected chi connectivity index (χ2v) is 7.49. The summed E-state index contributed by atoms with van der Waals surface area (Å²) in [6.45, 7) is 3.46. The number of primary amides is 1. The number of nitrogens with zero attached hydrogens (tertiary/aromatic N) is 2. The summed E-state index contributed by atoms with van der Waals surface area (Å²) in [6.07, 6.45) is 1.14. The molecule has 33 heavy (non-hydrogen) atoms. The normalized spacial score (nSPS) is 10.9. The maximum absolute atomic E-state index is 14.7. The molecule has 0 unspecified atom stereocenters. The van der Waals surface area contributed by atoms with E-state index in [2.05, 4.69) is 10.3 Å². The lowest BCUT2D eigenvalue weighted by atomic mass is 10.1. The summed E-state index contributed by atoms with van der Waals surface area (Å²) in [7, 11) is 1.46. The van der Waals surface area contributed by atoms with E-state index >= 15 is 0 Å². The molecule has 4 aromatic rings. The number of hydrogen-bond acceptors (Lipinski definition) is 5. The second kappa shape index (κ2) is 8.78. The largest absolute Gasteiger partial charge is 0.496 e. The van der Waals surface area contributed by atoms with Gasteiger partial charge in [0.25, 0.3) is 5.91 Å². The zero-order chi connectivity index (χ0) is 23.7. The lowest BCUT2D eigenvalue weighted by molar-refractivity contribution is -0.119. The Labute approximate surface area is 188 Å². The number of imidazole rings is 1. The van der Waals surface area contributed by atoms with E-state index in [4.69, 9.17) is 15.2 Å². The molecule has 0 saturated heterocycles. The Morgan fingerprint density at radius 3 is 2.45 bits per heavy atom. The van der Waals surface area contributed by atoms with Crippen LogP contribution in [0, 0.1) is 25.5 Å². The van der Waals surface area contributed by atoms with Crippen LogP contribution in [0.15, 0.2) is 48.7 Å². The van der Waals surface area contributed by atoms with Gasteiger partial charge in [0.05, 0.1) is 12.7 Å². The molecule has 0 bridgehead atoms. The molecule has 3 N–H and O–H groups in total. The topological polar surface area (TPSA) is 90.9 Å². The van der Waals surface area contributed by atoms with Gasteiger partial charge in [0.2, 0.25) is 0 Å². The van der Waals surface area contributed by atoms with Crippen LogP contribution in [0.25, 0.3) is 16.9 Å². The Kier molecular flexibility index (Phi) is 5.87. The van der Waals surface area contributed by atoms with Crippen molar-refractivity contribution in [2.75, 3.05) is 19.0 Å². The number of ether oxygens (including phenoxy) is 2. The van der Waals surface area contributed by atoms with Crippen LogP contribution in [0.2, 0.25) is 0 Å². The standard InChI is InChI=1S/C24H22F2N4O3/c1-13-6-4-7-14(2)21(13)28-24-22(29-23-16(26)10-15(25)11-30(23)24)20-17(32-3)8-5-9-18(20)33-12-19(27)31/h4-11,28H,12H2,1-3H3,(H2,27,31). The number of methoxy groups -OCH3 is 1. The number of amides is 1. The van der Waals surface area contributed by atoms with Crippen LogP contribution in [0.5, 0.6) is 11.5 Å². The molecular weight excluding hydrogens is 430 g/mol. The van der Waals surface area contributed by atoms with Crippen molar-refractivity contribution in [3.8, 4) is 22.8 Å². The Morgan fingerprint density at radius 2 is 1.79 bits per heavy atom. The molecule has 2 heterocycles. The molecule has 2 aromatic carbocycles. The first-order chi connectivity index (χ1) is 15.8. The molecule has 7 nitrogen and oxygen atoms in total. The highest BCUT2D eigenvalue weighted by molar-refractivity contribution is 5.87. The lowest BCUT2D eigenvalue weighted by Crippen LogP contribution is -2.20. The third-order valence-corrected chi connectivity index (χ3v) is 5.18. The van der Waals surface area contributed by atoms with Crippen molar-refractivity contribution in [1.82, 2.24) is 9.38 Å². The Morgan fingerprint density at radius 1 is 1.12 bits per heavy atom. The number of carbonyl (C=O) groups excluding carboxylic acids is 1. The van der Waals surface area contributed by atoms with E-state index in [-0.39, 0.29) is 23.7 Å². The molecule has 0 radical (unpaired) electrons. The number of pyridine rings is 1. The first-order valence-corrected chi connectivity index (χ1v) is 10.1. The summed E-state index contributed by atoms with van der Waals surface area (Å²) in [6, 6.07) is 11.5. The molecular formula is C24H22F2N4O3. The van der Waals surface area contributed by atoms with E-state index in [1.165, 1.54) is 11.5 Å². The van der Waals surface area contributed by atoms with Gasteiger partial charge in [0.15, 0.2) is 18.1 Å². The number of anilines is 2. The van der Waals surface area contributed by atoms with Crippen molar-refractivity contribution in [1.29, 1.82) is 0 Å². The van der Waals surface area contributed by atoms with Gasteiger partial charge in [-0.25, -0.2) is 13.8 Å². The third-order valence-electron chi connectivity index (χ3n) is 5.18. The molecule has 0 aliphatic heterocycles. The SMILES string of the molecule is COc1cccc(OCC(N)=O)c1-c1nc2c(F)cc(F)cn2c1Nc1c(C)cccc1C. The molecule has 2 aromatic heterocycles. The Hall–Kier alpha value is -4.14. The quantitative estimate of drug-likeness (QED) is 0.431. The summed E-state index contributed by atoms with van der Waals surface area (Å²) >= 11 is 0. The van der Waals surface area contributed by atoms with Crippen LogP contribution < -0.4 is 20.5 Å². The number of aryl methyl sites for hydroxylation is 2. The number of halogens is 2. The summed E-state index contributed by atoms with van der Waals surface area (Å²) in [4.78, 5) is 15.8. The monoisotopic (exact) mass is 452 g/mol. The first-order valence-electron chi connectivity index (χ1n) is 10.1. The van der Waals surface area contributed by atoms with Crippen LogP contribution >= 0.6 is 0 Å². The number of nitrogens with two attached hydrogens (primary N) is 1. The minimum atomic E-state index is -0.833. The fourth-order valence-electron chi connectivity index (χ4n) is 3.68. The first kappa shape index (κ1) is 22.1. The number of nitrogens with one attached hydrogen (secondary N) is 1. The van der Waals surface area contributed by atoms with Crippen molar-refractivity contribution in [2.45, 2.75) is 13.8 Å². The number of rotatable bonds is 7.